The lowest BCUT2D eigenvalue weighted by Crippen LogP contribution is -2.33. The third-order valence-corrected chi connectivity index (χ3v) is 5.42. The van der Waals surface area contributed by atoms with E-state index in [9.17, 15) is 12.8 Å². The van der Waals surface area contributed by atoms with Gasteiger partial charge in [0.1, 0.15) is 11.5 Å². The summed E-state index contributed by atoms with van der Waals surface area (Å²) < 4.78 is 44.0. The van der Waals surface area contributed by atoms with Crippen LogP contribution in [0.25, 0.3) is 11.3 Å². The van der Waals surface area contributed by atoms with Gasteiger partial charge in [0.15, 0.2) is 5.76 Å². The van der Waals surface area contributed by atoms with Gasteiger partial charge in [0, 0.05) is 18.2 Å². The van der Waals surface area contributed by atoms with E-state index in [-0.39, 0.29) is 11.9 Å². The molecule has 1 saturated heterocycles. The van der Waals surface area contributed by atoms with Crippen molar-refractivity contribution in [1.82, 2.24) is 9.46 Å². The van der Waals surface area contributed by atoms with E-state index >= 15 is 0 Å². The number of halogens is 1. The Labute approximate surface area is 135 Å². The van der Waals surface area contributed by atoms with Crippen LogP contribution < -0.4 is 0 Å². The van der Waals surface area contributed by atoms with E-state index in [1.807, 2.05) is 0 Å². The van der Waals surface area contributed by atoms with Crippen molar-refractivity contribution in [3.8, 4) is 11.3 Å². The highest BCUT2D eigenvalue weighted by Gasteiger charge is 2.32. The van der Waals surface area contributed by atoms with Gasteiger partial charge in [-0.15, -0.1) is 0 Å². The average Bonchev–Trinajstić information content (AvgIpc) is 2.84. The Hall–Kier alpha value is -1.73. The lowest BCUT2D eigenvalue weighted by Gasteiger charge is -2.25. The van der Waals surface area contributed by atoms with Crippen molar-refractivity contribution in [2.24, 2.45) is 0 Å². The van der Waals surface area contributed by atoms with Crippen molar-refractivity contribution < 1.29 is 17.3 Å². The molecule has 1 aliphatic rings. The van der Waals surface area contributed by atoms with Crippen LogP contribution in [0.5, 0.6) is 0 Å². The number of hydrogen-bond acceptors (Lipinski definition) is 4. The molecule has 0 saturated carbocycles. The van der Waals surface area contributed by atoms with Crippen molar-refractivity contribution in [2.45, 2.75) is 31.7 Å². The van der Waals surface area contributed by atoms with Gasteiger partial charge in [-0.05, 0) is 37.1 Å². The number of sulfonamides is 1. The Balaban J connectivity index is 1.92. The molecule has 1 fully saturated rings. The van der Waals surface area contributed by atoms with Gasteiger partial charge in [-0.2, -0.15) is 4.31 Å². The van der Waals surface area contributed by atoms with Crippen molar-refractivity contribution in [2.75, 3.05) is 12.8 Å². The molecule has 0 N–H and O–H groups in total. The van der Waals surface area contributed by atoms with E-state index in [0.717, 1.165) is 24.8 Å². The second-order valence-corrected chi connectivity index (χ2v) is 7.80. The Morgan fingerprint density at radius 2 is 1.96 bits per heavy atom. The molecule has 0 aliphatic carbocycles. The van der Waals surface area contributed by atoms with Crippen LogP contribution in [0, 0.1) is 5.82 Å². The van der Waals surface area contributed by atoms with Crippen LogP contribution in [0.15, 0.2) is 34.9 Å². The molecular formula is C16H19FN2O3S. The number of benzene rings is 1. The predicted molar refractivity (Wildman–Crippen MR) is 84.7 cm³/mol. The molecule has 1 aromatic carbocycles. The summed E-state index contributed by atoms with van der Waals surface area (Å²) in [6, 6.07) is 7.39. The van der Waals surface area contributed by atoms with Gasteiger partial charge < -0.3 is 4.52 Å². The highest BCUT2D eigenvalue weighted by Crippen LogP contribution is 2.33. The fourth-order valence-electron chi connectivity index (χ4n) is 2.97. The van der Waals surface area contributed by atoms with Gasteiger partial charge in [0.25, 0.3) is 0 Å². The maximum absolute atomic E-state index is 13.0. The van der Waals surface area contributed by atoms with Gasteiger partial charge in [0.05, 0.1) is 12.3 Å². The summed E-state index contributed by atoms with van der Waals surface area (Å²) in [4.78, 5) is 0. The minimum atomic E-state index is -3.31. The molecular weight excluding hydrogens is 319 g/mol. The van der Waals surface area contributed by atoms with Crippen molar-refractivity contribution in [1.29, 1.82) is 0 Å². The second kappa shape index (κ2) is 6.41. The van der Waals surface area contributed by atoms with Crippen LogP contribution >= 0.6 is 0 Å². The molecule has 0 radical (unpaired) electrons. The zero-order valence-corrected chi connectivity index (χ0v) is 13.7. The van der Waals surface area contributed by atoms with Gasteiger partial charge in [-0.1, -0.05) is 18.0 Å². The quantitative estimate of drug-likeness (QED) is 0.861. The van der Waals surface area contributed by atoms with Crippen LogP contribution in [-0.2, 0) is 10.0 Å². The molecule has 7 heteroatoms. The van der Waals surface area contributed by atoms with Crippen molar-refractivity contribution in [3.05, 3.63) is 41.9 Å². The molecule has 23 heavy (non-hydrogen) atoms. The normalized spacial score (nSPS) is 20.3. The maximum Gasteiger partial charge on any atom is 0.211 e. The first-order valence-corrected chi connectivity index (χ1v) is 9.49. The van der Waals surface area contributed by atoms with E-state index in [1.165, 1.54) is 22.7 Å². The lowest BCUT2D eigenvalue weighted by atomic mass is 10.1. The molecule has 5 nitrogen and oxygen atoms in total. The first-order chi connectivity index (χ1) is 10.9. The van der Waals surface area contributed by atoms with Gasteiger partial charge in [-0.25, -0.2) is 12.8 Å². The Morgan fingerprint density at radius 1 is 1.22 bits per heavy atom. The monoisotopic (exact) mass is 338 g/mol. The van der Waals surface area contributed by atoms with E-state index in [1.54, 1.807) is 18.2 Å². The minimum Gasteiger partial charge on any atom is -0.359 e. The molecule has 0 bridgehead atoms. The topological polar surface area (TPSA) is 63.4 Å². The van der Waals surface area contributed by atoms with E-state index < -0.39 is 10.0 Å². The average molecular weight is 338 g/mol. The molecule has 2 heterocycles. The zero-order chi connectivity index (χ0) is 16.4. The van der Waals surface area contributed by atoms with Gasteiger partial charge in [-0.3, -0.25) is 0 Å². The maximum atomic E-state index is 13.0. The Bertz CT molecular complexity index is 771. The summed E-state index contributed by atoms with van der Waals surface area (Å²) in [5.74, 6) is 0.223. The lowest BCUT2D eigenvalue weighted by molar-refractivity contribution is 0.260. The smallest absolute Gasteiger partial charge is 0.211 e. The van der Waals surface area contributed by atoms with Crippen LogP contribution in [0.1, 0.15) is 37.5 Å². The summed E-state index contributed by atoms with van der Waals surface area (Å²) in [7, 11) is -3.31. The standard InChI is InChI=1S/C16H19FN2O3S/c1-23(20,21)19-10-4-2-3-5-15(19)16-11-14(18-22-16)12-6-8-13(17)9-7-12/h6-9,11,15H,2-5,10H2,1H3/t15-/m1/s1. The predicted octanol–water partition coefficient (Wildman–Crippen LogP) is 3.36. The van der Waals surface area contributed by atoms with Crippen molar-refractivity contribution in [3.63, 3.8) is 0 Å². The molecule has 0 unspecified atom stereocenters. The SMILES string of the molecule is CS(=O)(=O)N1CCCCC[C@@H]1c1cc(-c2ccc(F)cc2)no1. The minimum absolute atomic E-state index is 0.315. The fourth-order valence-corrected chi connectivity index (χ4v) is 4.10. The molecule has 3 rings (SSSR count). The molecule has 1 aliphatic heterocycles. The molecule has 2 aromatic rings. The highest BCUT2D eigenvalue weighted by molar-refractivity contribution is 7.88. The number of aromatic nitrogens is 1. The van der Waals surface area contributed by atoms with Gasteiger partial charge >= 0.3 is 0 Å². The van der Waals surface area contributed by atoms with E-state index in [2.05, 4.69) is 5.16 Å². The molecule has 1 atom stereocenters. The highest BCUT2D eigenvalue weighted by atomic mass is 32.2. The number of rotatable bonds is 3. The van der Waals surface area contributed by atoms with Crippen LogP contribution in [-0.4, -0.2) is 30.7 Å². The van der Waals surface area contributed by atoms with Crippen LogP contribution in [0.4, 0.5) is 4.39 Å². The summed E-state index contributed by atoms with van der Waals surface area (Å²) in [6.07, 6.45) is 4.74. The number of hydrogen-bond donors (Lipinski definition) is 0. The molecule has 0 spiro atoms. The molecule has 124 valence electrons. The first kappa shape index (κ1) is 16.1. The van der Waals surface area contributed by atoms with Gasteiger partial charge in [0.2, 0.25) is 10.0 Å². The van der Waals surface area contributed by atoms with Crippen LogP contribution in [0.2, 0.25) is 0 Å². The first-order valence-electron chi connectivity index (χ1n) is 7.64. The third kappa shape index (κ3) is 3.61. The summed E-state index contributed by atoms with van der Waals surface area (Å²) in [6.45, 7) is 0.496. The van der Waals surface area contributed by atoms with Crippen LogP contribution in [0.3, 0.4) is 0 Å². The van der Waals surface area contributed by atoms with E-state index in [0.29, 0.717) is 24.4 Å². The zero-order valence-electron chi connectivity index (χ0n) is 12.9. The second-order valence-electron chi connectivity index (χ2n) is 5.86. The summed E-state index contributed by atoms with van der Waals surface area (Å²) in [5.41, 5.74) is 1.32. The summed E-state index contributed by atoms with van der Waals surface area (Å²) in [5, 5.41) is 4.02. The largest absolute Gasteiger partial charge is 0.359 e. The molecule has 1 aromatic heterocycles. The summed E-state index contributed by atoms with van der Waals surface area (Å²) >= 11 is 0. The third-order valence-electron chi connectivity index (χ3n) is 4.13. The van der Waals surface area contributed by atoms with E-state index in [4.69, 9.17) is 4.52 Å². The fraction of sp³-hybridized carbons (Fsp3) is 0.438. The Kier molecular flexibility index (Phi) is 4.50. The Morgan fingerprint density at radius 3 is 2.65 bits per heavy atom. The molecule has 0 amide bonds. The van der Waals surface area contributed by atoms with Crippen molar-refractivity contribution >= 4 is 10.0 Å². The number of nitrogens with zero attached hydrogens (tertiary/aromatic N) is 2.